The maximum Gasteiger partial charge on any atom is 0.190 e. The van der Waals surface area contributed by atoms with Crippen LogP contribution in [0.3, 0.4) is 0 Å². The van der Waals surface area contributed by atoms with Crippen molar-refractivity contribution in [3.05, 3.63) is 221 Å². The quantitative estimate of drug-likeness (QED) is 0.151. The minimum absolute atomic E-state index is 0.718. The molecule has 0 saturated heterocycles. The highest BCUT2D eigenvalue weighted by Crippen LogP contribution is 2.04. The van der Waals surface area contributed by atoms with E-state index < -0.39 is 0 Å². The first-order valence-corrected chi connectivity index (χ1v) is 30.8. The molecule has 0 aromatic carbocycles. The van der Waals surface area contributed by atoms with Crippen molar-refractivity contribution in [3.63, 3.8) is 0 Å². The lowest BCUT2D eigenvalue weighted by Crippen LogP contribution is -1.83. The molecule has 0 atom stereocenters. The fraction of sp³-hybridized carbons (Fsp3) is 0.448. The van der Waals surface area contributed by atoms with Crippen LogP contribution in [0.1, 0.15) is 189 Å². The summed E-state index contributed by atoms with van der Waals surface area (Å²) < 4.78 is 20.9. The summed E-state index contributed by atoms with van der Waals surface area (Å²) in [7, 11) is 2.00. The van der Waals surface area contributed by atoms with Gasteiger partial charge in [-0.25, -0.2) is 15.0 Å². The Kier molecular flexibility index (Phi) is 110. The highest BCUT2D eigenvalue weighted by atomic mass is 32.1. The average molecular weight is 1170 g/mol. The SMILES string of the molecule is CC.CC.CC.CC.CC.CC.CC.CC.CC.CC.Cc1cc[nH]c1.Cc1ccc[nH]1.Cc1ccco1.Cc1cccs1.Cc1ccoc1.Cc1ccsc1.Cc1cnncn1.Cc1cocn1.Cc1ncco1.Cn1cccc1. The number of aryl methyl sites for hydroxylation is 10. The predicted molar refractivity (Wildman–Crippen MR) is 362 cm³/mol. The van der Waals surface area contributed by atoms with Crippen LogP contribution in [0.5, 0.6) is 0 Å². The number of oxazole rings is 2. The van der Waals surface area contributed by atoms with E-state index in [1.807, 2.05) is 264 Å². The van der Waals surface area contributed by atoms with Crippen LogP contribution in [0.15, 0.2) is 188 Å². The van der Waals surface area contributed by atoms with Crippen LogP contribution < -0.4 is 0 Å². The molecular weight excluding hydrogens is 1040 g/mol. The third-order valence-electron chi connectivity index (χ3n) is 6.65. The van der Waals surface area contributed by atoms with Crippen LogP contribution in [0, 0.1) is 62.3 Å². The molecule has 0 spiro atoms. The van der Waals surface area contributed by atoms with Crippen molar-refractivity contribution in [1.29, 1.82) is 0 Å². The molecule has 10 aromatic heterocycles. The molecule has 10 rings (SSSR count). The van der Waals surface area contributed by atoms with E-state index in [0.717, 1.165) is 23.0 Å². The molecule has 0 bridgehead atoms. The van der Waals surface area contributed by atoms with E-state index in [4.69, 9.17) is 13.3 Å². The second-order valence-corrected chi connectivity index (χ2v) is 14.5. The first kappa shape index (κ1) is 96.5. The van der Waals surface area contributed by atoms with Crippen LogP contribution in [-0.2, 0) is 7.05 Å². The third kappa shape index (κ3) is 90.1. The average Bonchev–Trinajstić information content (AvgIpc) is 4.36. The molecule has 0 aliphatic heterocycles. The smallest absolute Gasteiger partial charge is 0.190 e. The molecule has 0 amide bonds. The second kappa shape index (κ2) is 92.6. The van der Waals surface area contributed by atoms with E-state index in [0.29, 0.717) is 0 Å². The highest BCUT2D eigenvalue weighted by molar-refractivity contribution is 7.09. The summed E-state index contributed by atoms with van der Waals surface area (Å²) in [5, 5.41) is 13.3. The van der Waals surface area contributed by atoms with Gasteiger partial charge < -0.3 is 32.2 Å². The van der Waals surface area contributed by atoms with Gasteiger partial charge in [-0.2, -0.15) is 16.4 Å². The molecule has 10 aromatic rings. The number of furan rings is 2. The number of aromatic nitrogens is 8. The maximum atomic E-state index is 4.83. The fourth-order valence-corrected chi connectivity index (χ4v) is 4.69. The molecule has 0 fully saturated rings. The molecule has 81 heavy (non-hydrogen) atoms. The Morgan fingerprint density at radius 1 is 0.481 bits per heavy atom. The Hall–Kier alpha value is -6.77. The Morgan fingerprint density at radius 3 is 1.22 bits per heavy atom. The first-order valence-electron chi connectivity index (χ1n) is 29.0. The number of nitrogens with one attached hydrogen (secondary N) is 2. The lowest BCUT2D eigenvalue weighted by atomic mass is 10.4. The molecule has 10 heterocycles. The highest BCUT2D eigenvalue weighted by Gasteiger charge is 1.80. The van der Waals surface area contributed by atoms with Crippen LogP contribution >= 0.6 is 22.7 Å². The van der Waals surface area contributed by atoms with E-state index in [1.54, 1.807) is 73.3 Å². The molecular formula is C67H120N8O4S2. The van der Waals surface area contributed by atoms with E-state index >= 15 is 0 Å². The standard InChI is InChI=1S/3C5H7N.2C5H6O.2C5H6S.C4H5N3.2C4H5NO.10C2H6/c1-5-2-3-6-4-5;1-6-4-2-3-5-6;1-5-3-2-4-6-5;1-5-2-3-6-4-5;1-5-3-2-4-6-5;1-5-2-3-6-4-5;1-5-3-2-4-6-5;1-4-2-6-7-3-5-4;1-4-2-6-3-5-4;1-4-5-2-3-6-4;10*1-2/h2-4,6H,1H3;2-5H,1H3;2-4,6H,1H3;4*2-4H,1H3;2-3H,1H3;2*2-3H,1H3;10*1-2H3. The molecule has 0 aliphatic carbocycles. The lowest BCUT2D eigenvalue weighted by molar-refractivity contribution is 0.521. The summed E-state index contributed by atoms with van der Waals surface area (Å²) in [6.45, 7) is 57.7. The van der Waals surface area contributed by atoms with Gasteiger partial charge in [0.2, 0.25) is 0 Å². The predicted octanol–water partition coefficient (Wildman–Crippen LogP) is 23.4. The molecule has 0 aliphatic rings. The van der Waals surface area contributed by atoms with Crippen molar-refractivity contribution in [1.82, 2.24) is 39.7 Å². The summed E-state index contributed by atoms with van der Waals surface area (Å²) in [5.41, 5.74) is 6.87. The summed E-state index contributed by atoms with van der Waals surface area (Å²) in [4.78, 5) is 18.6. The topological polar surface area (TPSA) is 154 Å². The minimum atomic E-state index is 0.718. The Balaban J connectivity index is -0.0000000835. The number of H-pyrrole nitrogens is 2. The van der Waals surface area contributed by atoms with E-state index in [9.17, 15) is 0 Å². The first-order chi connectivity index (χ1) is 39.4. The fourth-order valence-electron chi connectivity index (χ4n) is 3.50. The maximum absolute atomic E-state index is 4.83. The molecule has 14 heteroatoms. The Labute approximate surface area is 505 Å². The van der Waals surface area contributed by atoms with Gasteiger partial charge in [0.15, 0.2) is 12.3 Å². The van der Waals surface area contributed by atoms with Gasteiger partial charge in [-0.15, -0.1) is 16.4 Å². The van der Waals surface area contributed by atoms with Crippen LogP contribution in [0.2, 0.25) is 0 Å². The Bertz CT molecular complexity index is 1760. The van der Waals surface area contributed by atoms with Crippen LogP contribution in [-0.4, -0.2) is 39.7 Å². The van der Waals surface area contributed by atoms with Gasteiger partial charge in [0.05, 0.1) is 42.6 Å². The van der Waals surface area contributed by atoms with Gasteiger partial charge in [0, 0.05) is 55.5 Å². The molecule has 0 unspecified atom stereocenters. The van der Waals surface area contributed by atoms with Crippen LogP contribution in [0.4, 0.5) is 0 Å². The van der Waals surface area contributed by atoms with Gasteiger partial charge in [-0.1, -0.05) is 145 Å². The van der Waals surface area contributed by atoms with Gasteiger partial charge in [0.25, 0.3) is 0 Å². The van der Waals surface area contributed by atoms with E-state index in [1.165, 1.54) is 40.0 Å². The van der Waals surface area contributed by atoms with Crippen molar-refractivity contribution in [2.24, 2.45) is 7.05 Å². The molecule has 2 N–H and O–H groups in total. The second-order valence-electron chi connectivity index (χ2n) is 12.6. The minimum Gasteiger partial charge on any atom is -0.472 e. The van der Waals surface area contributed by atoms with Crippen molar-refractivity contribution in [3.8, 4) is 0 Å². The zero-order valence-corrected chi connectivity index (χ0v) is 58.4. The number of thiophene rings is 2. The van der Waals surface area contributed by atoms with Gasteiger partial charge in [-0.3, -0.25) is 0 Å². The summed E-state index contributed by atoms with van der Waals surface area (Å²) in [5.74, 6) is 1.69. The van der Waals surface area contributed by atoms with Gasteiger partial charge in [-0.05, 0) is 149 Å². The largest absolute Gasteiger partial charge is 0.472 e. The number of rotatable bonds is 0. The lowest BCUT2D eigenvalue weighted by Gasteiger charge is -1.80. The summed E-state index contributed by atoms with van der Waals surface area (Å²) >= 11 is 3.52. The van der Waals surface area contributed by atoms with E-state index in [2.05, 4.69) is 94.6 Å². The molecule has 464 valence electrons. The van der Waals surface area contributed by atoms with Crippen molar-refractivity contribution >= 4 is 22.7 Å². The zero-order valence-electron chi connectivity index (χ0n) is 56.8. The van der Waals surface area contributed by atoms with Crippen LogP contribution in [0.25, 0.3) is 0 Å². The number of aromatic amines is 2. The Morgan fingerprint density at radius 2 is 1.09 bits per heavy atom. The van der Waals surface area contributed by atoms with Crippen molar-refractivity contribution < 1.29 is 17.7 Å². The molecule has 12 nitrogen and oxygen atoms in total. The van der Waals surface area contributed by atoms with Crippen molar-refractivity contribution in [2.75, 3.05) is 0 Å². The normalized spacial score (nSPS) is 7.38. The monoisotopic (exact) mass is 1160 g/mol. The van der Waals surface area contributed by atoms with Crippen molar-refractivity contribution in [2.45, 2.75) is 201 Å². The number of hydrogen-bond acceptors (Lipinski definition) is 11. The number of nitrogens with zero attached hydrogens (tertiary/aromatic N) is 6. The number of hydrogen-bond donors (Lipinski definition) is 2. The third-order valence-corrected chi connectivity index (χ3v) is 8.25. The zero-order chi connectivity index (χ0) is 64.8. The van der Waals surface area contributed by atoms with E-state index in [-0.39, 0.29) is 0 Å². The summed E-state index contributed by atoms with van der Waals surface area (Å²) in [6, 6.07) is 22.0. The molecule has 0 saturated carbocycles. The summed E-state index contributed by atoms with van der Waals surface area (Å²) in [6.07, 6.45) is 24.0. The van der Waals surface area contributed by atoms with Gasteiger partial charge >= 0.3 is 0 Å². The van der Waals surface area contributed by atoms with Gasteiger partial charge in [0.1, 0.15) is 24.6 Å². The molecule has 0 radical (unpaired) electrons.